The van der Waals surface area contributed by atoms with Crippen LogP contribution in [-0.2, 0) is 9.59 Å². The minimum Gasteiger partial charge on any atom is -0.353 e. The monoisotopic (exact) mass is 269 g/mol. The summed E-state index contributed by atoms with van der Waals surface area (Å²) in [6.45, 7) is 4.10. The van der Waals surface area contributed by atoms with E-state index in [1.165, 1.54) is 0 Å². The highest BCUT2D eigenvalue weighted by atomic mass is 16.2. The Morgan fingerprint density at radius 2 is 1.89 bits per heavy atom. The van der Waals surface area contributed by atoms with E-state index in [4.69, 9.17) is 5.73 Å². The van der Waals surface area contributed by atoms with Crippen LogP contribution >= 0.6 is 0 Å². The molecule has 5 heteroatoms. The van der Waals surface area contributed by atoms with Gasteiger partial charge in [0.05, 0.1) is 0 Å². The smallest absolute Gasteiger partial charge is 0.222 e. The molecule has 2 amide bonds. The highest BCUT2D eigenvalue weighted by Crippen LogP contribution is 2.13. The summed E-state index contributed by atoms with van der Waals surface area (Å²) in [5.41, 5.74) is 5.42. The average molecular weight is 269 g/mol. The molecule has 0 saturated carbocycles. The molecule has 0 spiro atoms. The van der Waals surface area contributed by atoms with E-state index in [9.17, 15) is 9.59 Å². The van der Waals surface area contributed by atoms with E-state index in [1.807, 2.05) is 11.8 Å². The first kappa shape index (κ1) is 16.0. The number of nitrogens with one attached hydrogen (secondary N) is 1. The van der Waals surface area contributed by atoms with Crippen molar-refractivity contribution >= 4 is 11.8 Å². The Hall–Kier alpha value is -1.10. The fraction of sp³-hybridized carbons (Fsp3) is 0.857. The summed E-state index contributed by atoms with van der Waals surface area (Å²) in [6, 6.07) is 0.244. The van der Waals surface area contributed by atoms with E-state index in [1.54, 1.807) is 0 Å². The Morgan fingerprint density at radius 1 is 1.21 bits per heavy atom. The molecule has 0 aromatic carbocycles. The summed E-state index contributed by atoms with van der Waals surface area (Å²) in [4.78, 5) is 25.2. The maximum atomic E-state index is 12.0. The second-order valence-electron chi connectivity index (χ2n) is 5.18. The molecule has 0 atom stereocenters. The predicted molar refractivity (Wildman–Crippen MR) is 75.6 cm³/mol. The zero-order valence-electron chi connectivity index (χ0n) is 12.0. The lowest BCUT2D eigenvalue weighted by atomic mass is 10.0. The quantitative estimate of drug-likeness (QED) is 0.678. The number of carbonyl (C=O) groups is 2. The Bertz CT molecular complexity index is 286. The zero-order chi connectivity index (χ0) is 14.1. The maximum Gasteiger partial charge on any atom is 0.222 e. The molecule has 1 aliphatic heterocycles. The molecule has 1 saturated heterocycles. The van der Waals surface area contributed by atoms with Crippen molar-refractivity contribution in [3.05, 3.63) is 0 Å². The van der Waals surface area contributed by atoms with Gasteiger partial charge in [0, 0.05) is 32.0 Å². The first-order valence-electron chi connectivity index (χ1n) is 7.44. The van der Waals surface area contributed by atoms with Gasteiger partial charge in [-0.25, -0.2) is 0 Å². The molecule has 110 valence electrons. The zero-order valence-corrected chi connectivity index (χ0v) is 12.0. The number of nitrogens with zero attached hydrogens (tertiary/aromatic N) is 1. The molecule has 5 nitrogen and oxygen atoms in total. The van der Waals surface area contributed by atoms with Crippen LogP contribution in [0, 0.1) is 0 Å². The molecule has 0 aromatic heterocycles. The van der Waals surface area contributed by atoms with E-state index in [0.29, 0.717) is 19.4 Å². The molecular weight excluding hydrogens is 242 g/mol. The van der Waals surface area contributed by atoms with Crippen LogP contribution in [0.2, 0.25) is 0 Å². The van der Waals surface area contributed by atoms with Crippen molar-refractivity contribution in [3.8, 4) is 0 Å². The molecule has 1 rings (SSSR count). The van der Waals surface area contributed by atoms with Gasteiger partial charge in [0.25, 0.3) is 0 Å². The number of carbonyl (C=O) groups excluding carboxylic acids is 2. The third-order valence-corrected chi connectivity index (χ3v) is 3.63. The molecule has 0 unspecified atom stereocenters. The van der Waals surface area contributed by atoms with Crippen molar-refractivity contribution in [3.63, 3.8) is 0 Å². The van der Waals surface area contributed by atoms with Gasteiger partial charge in [-0.1, -0.05) is 13.3 Å². The van der Waals surface area contributed by atoms with Crippen molar-refractivity contribution in [2.24, 2.45) is 5.73 Å². The van der Waals surface area contributed by atoms with Gasteiger partial charge < -0.3 is 16.0 Å². The van der Waals surface area contributed by atoms with Gasteiger partial charge in [-0.3, -0.25) is 9.59 Å². The minimum atomic E-state index is 0.103. The van der Waals surface area contributed by atoms with Crippen LogP contribution in [0.1, 0.15) is 51.9 Å². The minimum absolute atomic E-state index is 0.103. The number of amides is 2. The molecule has 0 radical (unpaired) electrons. The van der Waals surface area contributed by atoms with Crippen LogP contribution in [0.4, 0.5) is 0 Å². The Balaban J connectivity index is 2.18. The summed E-state index contributed by atoms with van der Waals surface area (Å²) in [5, 5.41) is 3.00. The van der Waals surface area contributed by atoms with Gasteiger partial charge in [-0.2, -0.15) is 0 Å². The van der Waals surface area contributed by atoms with E-state index in [-0.39, 0.29) is 17.9 Å². The topological polar surface area (TPSA) is 75.4 Å². The van der Waals surface area contributed by atoms with Crippen molar-refractivity contribution in [1.29, 1.82) is 0 Å². The molecule has 1 fully saturated rings. The summed E-state index contributed by atoms with van der Waals surface area (Å²) in [5.74, 6) is 0.351. The average Bonchev–Trinajstić information content (AvgIpc) is 2.44. The van der Waals surface area contributed by atoms with Gasteiger partial charge in [-0.15, -0.1) is 0 Å². The van der Waals surface area contributed by atoms with Crippen LogP contribution in [0.15, 0.2) is 0 Å². The Kier molecular flexibility index (Phi) is 7.48. The third-order valence-electron chi connectivity index (χ3n) is 3.63. The van der Waals surface area contributed by atoms with Crippen molar-refractivity contribution in [2.45, 2.75) is 57.9 Å². The molecule has 3 N–H and O–H groups in total. The van der Waals surface area contributed by atoms with Gasteiger partial charge >= 0.3 is 0 Å². The highest BCUT2D eigenvalue weighted by molar-refractivity contribution is 5.77. The van der Waals surface area contributed by atoms with Crippen molar-refractivity contribution < 1.29 is 9.59 Å². The first-order valence-corrected chi connectivity index (χ1v) is 7.44. The van der Waals surface area contributed by atoms with E-state index in [0.717, 1.165) is 45.2 Å². The lowest BCUT2D eigenvalue weighted by Crippen LogP contribution is -2.46. The molecule has 0 aliphatic carbocycles. The fourth-order valence-corrected chi connectivity index (χ4v) is 2.36. The van der Waals surface area contributed by atoms with E-state index in [2.05, 4.69) is 5.32 Å². The van der Waals surface area contributed by atoms with E-state index < -0.39 is 0 Å². The third kappa shape index (κ3) is 6.05. The number of unbranched alkanes of at least 4 members (excludes halogenated alkanes) is 2. The molecule has 1 heterocycles. The van der Waals surface area contributed by atoms with Crippen LogP contribution in [0.5, 0.6) is 0 Å². The molecule has 0 bridgehead atoms. The first-order chi connectivity index (χ1) is 9.17. The second-order valence-corrected chi connectivity index (χ2v) is 5.18. The van der Waals surface area contributed by atoms with Crippen molar-refractivity contribution in [1.82, 2.24) is 10.2 Å². The van der Waals surface area contributed by atoms with E-state index >= 15 is 0 Å². The largest absolute Gasteiger partial charge is 0.353 e. The Labute approximate surface area is 115 Å². The van der Waals surface area contributed by atoms with Gasteiger partial charge in [-0.05, 0) is 32.2 Å². The van der Waals surface area contributed by atoms with Gasteiger partial charge in [0.1, 0.15) is 0 Å². The van der Waals surface area contributed by atoms with Crippen LogP contribution in [-0.4, -0.2) is 42.4 Å². The summed E-state index contributed by atoms with van der Waals surface area (Å²) < 4.78 is 0. The van der Waals surface area contributed by atoms with Crippen LogP contribution < -0.4 is 11.1 Å². The number of likely N-dealkylation sites (tertiary alicyclic amines) is 1. The number of hydrogen-bond acceptors (Lipinski definition) is 3. The lowest BCUT2D eigenvalue weighted by molar-refractivity contribution is -0.132. The molecule has 0 aromatic rings. The SMILES string of the molecule is CCC(=O)NC1CCN(C(=O)CCCCCN)CC1. The maximum absolute atomic E-state index is 12.0. The number of nitrogens with two attached hydrogens (primary N) is 1. The van der Waals surface area contributed by atoms with Gasteiger partial charge in [0.15, 0.2) is 0 Å². The highest BCUT2D eigenvalue weighted by Gasteiger charge is 2.22. The Morgan fingerprint density at radius 3 is 2.47 bits per heavy atom. The standard InChI is InChI=1S/C14H27N3O2/c1-2-13(18)16-12-7-10-17(11-8-12)14(19)6-4-3-5-9-15/h12H,2-11,15H2,1H3,(H,16,18). The number of rotatable bonds is 7. The predicted octanol–water partition coefficient (Wildman–Crippen LogP) is 1.02. The summed E-state index contributed by atoms with van der Waals surface area (Å²) in [7, 11) is 0. The fourth-order valence-electron chi connectivity index (χ4n) is 2.36. The number of hydrogen-bond donors (Lipinski definition) is 2. The number of piperidine rings is 1. The molecule has 1 aliphatic rings. The normalized spacial score (nSPS) is 16.4. The molecular formula is C14H27N3O2. The van der Waals surface area contributed by atoms with Gasteiger partial charge in [0.2, 0.25) is 11.8 Å². The van der Waals surface area contributed by atoms with Crippen LogP contribution in [0.25, 0.3) is 0 Å². The summed E-state index contributed by atoms with van der Waals surface area (Å²) >= 11 is 0. The lowest BCUT2D eigenvalue weighted by Gasteiger charge is -2.32. The van der Waals surface area contributed by atoms with Crippen LogP contribution in [0.3, 0.4) is 0 Å². The summed E-state index contributed by atoms with van der Waals surface area (Å²) in [6.07, 6.45) is 5.87. The second kappa shape index (κ2) is 8.91. The molecule has 19 heavy (non-hydrogen) atoms. The van der Waals surface area contributed by atoms with Crippen molar-refractivity contribution in [2.75, 3.05) is 19.6 Å².